The summed E-state index contributed by atoms with van der Waals surface area (Å²) in [5.74, 6) is -0.287. The molecule has 1 amide bonds. The average Bonchev–Trinajstić information content (AvgIpc) is 2.43. The second kappa shape index (κ2) is 6.07. The zero-order valence-electron chi connectivity index (χ0n) is 12.4. The van der Waals surface area contributed by atoms with E-state index in [4.69, 9.17) is 0 Å². The van der Waals surface area contributed by atoms with Crippen LogP contribution >= 0.6 is 0 Å². The molecule has 4 heteroatoms. The summed E-state index contributed by atoms with van der Waals surface area (Å²) >= 11 is 0. The van der Waals surface area contributed by atoms with Crippen LogP contribution in [0.1, 0.15) is 48.7 Å². The molecule has 1 atom stereocenters. The van der Waals surface area contributed by atoms with Crippen LogP contribution in [0.3, 0.4) is 0 Å². The largest absolute Gasteiger partial charge is 0.354 e. The first-order valence-corrected chi connectivity index (χ1v) is 7.16. The Kier molecular flexibility index (Phi) is 4.42. The Hall–Kier alpha value is -1.84. The number of nitrogens with one attached hydrogen (secondary N) is 1. The van der Waals surface area contributed by atoms with E-state index in [1.807, 2.05) is 20.9 Å². The number of hydrogen-bond donors (Lipinski definition) is 1. The van der Waals surface area contributed by atoms with E-state index < -0.39 is 0 Å². The van der Waals surface area contributed by atoms with E-state index in [1.54, 1.807) is 10.8 Å². The molecule has 0 aromatic carbocycles. The van der Waals surface area contributed by atoms with Crippen LogP contribution in [0.4, 0.5) is 0 Å². The average molecular weight is 274 g/mol. The Bertz CT molecular complexity index is 599. The van der Waals surface area contributed by atoms with Crippen molar-refractivity contribution in [2.75, 3.05) is 0 Å². The van der Waals surface area contributed by atoms with Crippen LogP contribution in [-0.4, -0.2) is 16.5 Å². The number of aryl methyl sites for hydroxylation is 2. The predicted molar refractivity (Wildman–Crippen MR) is 79.9 cm³/mol. The summed E-state index contributed by atoms with van der Waals surface area (Å²) in [5, 5.41) is 2.93. The van der Waals surface area contributed by atoms with Crippen molar-refractivity contribution >= 4 is 5.91 Å². The van der Waals surface area contributed by atoms with Crippen molar-refractivity contribution in [3.8, 4) is 0 Å². The molecule has 0 saturated heterocycles. The molecule has 0 saturated carbocycles. The maximum Gasteiger partial charge on any atom is 0.257 e. The number of carbonyl (C=O) groups excluding carboxylic acids is 1. The van der Waals surface area contributed by atoms with Crippen molar-refractivity contribution in [2.24, 2.45) is 7.05 Å². The van der Waals surface area contributed by atoms with E-state index in [-0.39, 0.29) is 22.9 Å². The number of aromatic nitrogens is 1. The van der Waals surface area contributed by atoms with Gasteiger partial charge in [-0.25, -0.2) is 0 Å². The number of allylic oxidation sites excluding steroid dienone is 1. The molecule has 0 radical (unpaired) electrons. The molecule has 1 aliphatic carbocycles. The van der Waals surface area contributed by atoms with Gasteiger partial charge in [-0.2, -0.15) is 0 Å². The minimum Gasteiger partial charge on any atom is -0.354 e. The van der Waals surface area contributed by atoms with Crippen LogP contribution in [0, 0.1) is 6.92 Å². The van der Waals surface area contributed by atoms with Gasteiger partial charge in [0.2, 0.25) is 0 Å². The molecule has 1 aromatic rings. The Morgan fingerprint density at radius 1 is 1.40 bits per heavy atom. The molecule has 0 bridgehead atoms. The molecule has 0 spiro atoms. The van der Waals surface area contributed by atoms with Crippen LogP contribution in [0.25, 0.3) is 0 Å². The third-order valence-electron chi connectivity index (χ3n) is 3.96. The molecule has 1 aliphatic rings. The number of rotatable bonds is 3. The fourth-order valence-electron chi connectivity index (χ4n) is 2.52. The van der Waals surface area contributed by atoms with Gasteiger partial charge < -0.3 is 9.88 Å². The van der Waals surface area contributed by atoms with E-state index in [0.29, 0.717) is 0 Å². The van der Waals surface area contributed by atoms with Gasteiger partial charge in [-0.1, -0.05) is 11.6 Å². The van der Waals surface area contributed by atoms with Crippen molar-refractivity contribution in [1.29, 1.82) is 0 Å². The van der Waals surface area contributed by atoms with Gasteiger partial charge in [0.25, 0.3) is 5.91 Å². The number of carbonyl (C=O) groups is 1. The quantitative estimate of drug-likeness (QED) is 0.860. The van der Waals surface area contributed by atoms with Gasteiger partial charge in [0.15, 0.2) is 5.43 Å². The van der Waals surface area contributed by atoms with E-state index in [0.717, 1.165) is 18.5 Å². The molecule has 0 unspecified atom stereocenters. The Balaban J connectivity index is 2.14. The minimum absolute atomic E-state index is 0.00573. The fraction of sp³-hybridized carbons (Fsp3) is 0.500. The normalized spacial score (nSPS) is 16.4. The second-order valence-electron chi connectivity index (χ2n) is 5.52. The zero-order valence-corrected chi connectivity index (χ0v) is 12.4. The lowest BCUT2D eigenvalue weighted by atomic mass is 9.94. The minimum atomic E-state index is -0.287. The Morgan fingerprint density at radius 3 is 2.80 bits per heavy atom. The molecule has 1 heterocycles. The molecule has 2 rings (SSSR count). The molecule has 0 aliphatic heterocycles. The molecule has 20 heavy (non-hydrogen) atoms. The molecule has 108 valence electrons. The van der Waals surface area contributed by atoms with E-state index in [9.17, 15) is 9.59 Å². The predicted octanol–water partition coefficient (Wildman–Crippen LogP) is 2.31. The first-order chi connectivity index (χ1) is 9.49. The lowest BCUT2D eigenvalue weighted by Crippen LogP contribution is -2.37. The van der Waals surface area contributed by atoms with E-state index in [1.165, 1.54) is 24.5 Å². The van der Waals surface area contributed by atoms with E-state index >= 15 is 0 Å². The number of hydrogen-bond acceptors (Lipinski definition) is 2. The maximum absolute atomic E-state index is 12.2. The molecular formula is C16H22N2O2. The smallest absolute Gasteiger partial charge is 0.257 e. The summed E-state index contributed by atoms with van der Waals surface area (Å²) in [7, 11) is 1.83. The lowest BCUT2D eigenvalue weighted by molar-refractivity contribution is 0.0942. The van der Waals surface area contributed by atoms with E-state index in [2.05, 4.69) is 11.4 Å². The maximum atomic E-state index is 12.2. The second-order valence-corrected chi connectivity index (χ2v) is 5.52. The fourth-order valence-corrected chi connectivity index (χ4v) is 2.52. The van der Waals surface area contributed by atoms with Gasteiger partial charge in [-0.15, -0.1) is 0 Å². The Labute approximate surface area is 119 Å². The van der Waals surface area contributed by atoms with Crippen molar-refractivity contribution in [3.05, 3.63) is 45.4 Å². The SMILES string of the molecule is Cc1cc(=O)c(C(=O)N[C@@H](C)C2=CCCCC2)cn1C. The van der Waals surface area contributed by atoms with Crippen LogP contribution in [0.5, 0.6) is 0 Å². The van der Waals surface area contributed by atoms with Crippen LogP contribution in [0.15, 0.2) is 28.7 Å². The highest BCUT2D eigenvalue weighted by Gasteiger charge is 2.17. The number of amides is 1. The highest BCUT2D eigenvalue weighted by molar-refractivity contribution is 5.94. The van der Waals surface area contributed by atoms with Gasteiger partial charge in [0, 0.05) is 31.0 Å². The topological polar surface area (TPSA) is 51.1 Å². The summed E-state index contributed by atoms with van der Waals surface area (Å²) in [6.07, 6.45) is 8.34. The third-order valence-corrected chi connectivity index (χ3v) is 3.96. The van der Waals surface area contributed by atoms with Crippen LogP contribution in [-0.2, 0) is 7.05 Å². The number of pyridine rings is 1. The third kappa shape index (κ3) is 3.18. The molecule has 1 N–H and O–H groups in total. The van der Waals surface area contributed by atoms with Crippen molar-refractivity contribution in [3.63, 3.8) is 0 Å². The van der Waals surface area contributed by atoms with Crippen LogP contribution < -0.4 is 10.7 Å². The van der Waals surface area contributed by atoms with Gasteiger partial charge in [0.1, 0.15) is 5.56 Å². The highest BCUT2D eigenvalue weighted by Crippen LogP contribution is 2.20. The first-order valence-electron chi connectivity index (χ1n) is 7.16. The molecular weight excluding hydrogens is 252 g/mol. The zero-order chi connectivity index (χ0) is 14.7. The standard InChI is InChI=1S/C16H22N2O2/c1-11-9-15(19)14(10-18(11)3)16(20)17-12(2)13-7-5-4-6-8-13/h7,9-10,12H,4-6,8H2,1-3H3,(H,17,20)/t12-/m0/s1. The van der Waals surface area contributed by atoms with Crippen molar-refractivity contribution in [1.82, 2.24) is 9.88 Å². The summed E-state index contributed by atoms with van der Waals surface area (Å²) in [4.78, 5) is 24.1. The monoisotopic (exact) mass is 274 g/mol. The van der Waals surface area contributed by atoms with Gasteiger partial charge in [-0.05, 0) is 39.5 Å². The van der Waals surface area contributed by atoms with Crippen molar-refractivity contribution in [2.45, 2.75) is 45.6 Å². The first kappa shape index (κ1) is 14.6. The summed E-state index contributed by atoms with van der Waals surface area (Å²) in [6.45, 7) is 3.83. The van der Waals surface area contributed by atoms with Crippen LogP contribution in [0.2, 0.25) is 0 Å². The summed E-state index contributed by atoms with van der Waals surface area (Å²) in [6, 6.07) is 1.49. The Morgan fingerprint density at radius 2 is 2.15 bits per heavy atom. The molecule has 0 fully saturated rings. The molecule has 4 nitrogen and oxygen atoms in total. The summed E-state index contributed by atoms with van der Waals surface area (Å²) < 4.78 is 1.79. The van der Waals surface area contributed by atoms with Gasteiger partial charge in [0.05, 0.1) is 0 Å². The van der Waals surface area contributed by atoms with Crippen molar-refractivity contribution < 1.29 is 4.79 Å². The van der Waals surface area contributed by atoms with Gasteiger partial charge in [-0.3, -0.25) is 9.59 Å². The summed E-state index contributed by atoms with van der Waals surface area (Å²) in [5.41, 5.74) is 2.10. The van der Waals surface area contributed by atoms with Gasteiger partial charge >= 0.3 is 0 Å². The lowest BCUT2D eigenvalue weighted by Gasteiger charge is -2.21. The number of nitrogens with zero attached hydrogens (tertiary/aromatic N) is 1. The molecule has 1 aromatic heterocycles. The highest BCUT2D eigenvalue weighted by atomic mass is 16.2.